The highest BCUT2D eigenvalue weighted by atomic mass is 32.2. The minimum atomic E-state index is -3.94. The largest absolute Gasteiger partial charge is 0.444 e. The number of halogens is 2. The van der Waals surface area contributed by atoms with Gasteiger partial charge in [-0.2, -0.15) is 0 Å². The van der Waals surface area contributed by atoms with E-state index in [1.165, 1.54) is 12.1 Å². The molecule has 1 amide bonds. The standard InChI is InChI=1S/C28H34F2N6O5S/c1-27(2,3)40-26(37)35-14-16-6-5-7-17(15-35)36(16)22-13-18(42(38,39)34-28(4)10-11-28)12-19-23(33-41-24(19)22)20-8-9-21(25(29)30)32-31-20/h8-9,12-13,16-17,25,34H,5-7,10-11,14-15H2,1-4H3. The number of aromatic nitrogens is 3. The lowest BCUT2D eigenvalue weighted by Gasteiger charge is -2.51. The molecule has 226 valence electrons. The molecular formula is C28H34F2N6O5S. The van der Waals surface area contributed by atoms with Gasteiger partial charge in [-0.25, -0.2) is 26.7 Å². The average molecular weight is 605 g/mol. The van der Waals surface area contributed by atoms with Crippen LogP contribution in [0.5, 0.6) is 0 Å². The topological polar surface area (TPSA) is 131 Å². The summed E-state index contributed by atoms with van der Waals surface area (Å²) < 4.78 is 67.7. The number of rotatable bonds is 6. The number of amides is 1. The highest BCUT2D eigenvalue weighted by Crippen LogP contribution is 2.43. The van der Waals surface area contributed by atoms with E-state index in [9.17, 15) is 22.0 Å². The van der Waals surface area contributed by atoms with Gasteiger partial charge < -0.3 is 19.1 Å². The third-order valence-electron chi connectivity index (χ3n) is 8.02. The Morgan fingerprint density at radius 1 is 1.14 bits per heavy atom. The van der Waals surface area contributed by atoms with Crippen molar-refractivity contribution in [2.75, 3.05) is 18.0 Å². The lowest BCUT2D eigenvalue weighted by atomic mass is 9.90. The lowest BCUT2D eigenvalue weighted by molar-refractivity contribution is 0.0155. The van der Waals surface area contributed by atoms with Crippen molar-refractivity contribution < 1.29 is 31.3 Å². The molecule has 2 atom stereocenters. The molecule has 3 aromatic rings. The van der Waals surface area contributed by atoms with Crippen LogP contribution in [-0.4, -0.2) is 71.1 Å². The first-order chi connectivity index (χ1) is 19.7. The zero-order valence-corrected chi connectivity index (χ0v) is 24.7. The van der Waals surface area contributed by atoms with Crippen molar-refractivity contribution in [2.45, 2.75) is 94.3 Å². The normalized spacial score (nSPS) is 22.1. The fraction of sp³-hybridized carbons (Fsp3) is 0.571. The predicted octanol–water partition coefficient (Wildman–Crippen LogP) is 5.03. The van der Waals surface area contributed by atoms with E-state index in [2.05, 4.69) is 25.0 Å². The predicted molar refractivity (Wildman–Crippen MR) is 150 cm³/mol. The Morgan fingerprint density at radius 3 is 2.40 bits per heavy atom. The number of alkyl halides is 2. The highest BCUT2D eigenvalue weighted by Gasteiger charge is 2.44. The molecule has 6 rings (SSSR count). The number of nitrogens with one attached hydrogen (secondary N) is 1. The molecule has 1 N–H and O–H groups in total. The van der Waals surface area contributed by atoms with Gasteiger partial charge in [0.25, 0.3) is 6.43 Å². The van der Waals surface area contributed by atoms with Crippen LogP contribution < -0.4 is 9.62 Å². The molecule has 2 aliphatic heterocycles. The SMILES string of the molecule is CC1(NS(=O)(=O)c2cc(N3C4CCCC3CN(C(=O)OC(C)(C)C)C4)c3onc(-c4ccc(C(F)F)nn4)c3c2)CC1. The van der Waals surface area contributed by atoms with Crippen molar-refractivity contribution in [1.29, 1.82) is 0 Å². The second kappa shape index (κ2) is 10.1. The van der Waals surface area contributed by atoms with Crippen LogP contribution in [0, 0.1) is 0 Å². The van der Waals surface area contributed by atoms with Gasteiger partial charge in [-0.05, 0) is 84.1 Å². The summed E-state index contributed by atoms with van der Waals surface area (Å²) in [5.41, 5.74) is -0.337. The third kappa shape index (κ3) is 5.53. The maximum atomic E-state index is 13.6. The Morgan fingerprint density at radius 2 is 1.83 bits per heavy atom. The van der Waals surface area contributed by atoms with Crippen LogP contribution in [0.3, 0.4) is 0 Å². The van der Waals surface area contributed by atoms with E-state index in [-0.39, 0.29) is 34.5 Å². The fourth-order valence-corrected chi connectivity index (χ4v) is 7.28. The van der Waals surface area contributed by atoms with Gasteiger partial charge in [0.1, 0.15) is 22.7 Å². The molecule has 0 spiro atoms. The number of carbonyl (C=O) groups excluding carboxylic acids is 1. The minimum Gasteiger partial charge on any atom is -0.444 e. The summed E-state index contributed by atoms with van der Waals surface area (Å²) in [6, 6.07) is 5.38. The Labute approximate surface area is 242 Å². The number of likely N-dealkylation sites (tertiary alicyclic amines) is 1. The van der Waals surface area contributed by atoms with E-state index < -0.39 is 33.3 Å². The van der Waals surface area contributed by atoms with Gasteiger partial charge in [0.2, 0.25) is 10.0 Å². The number of nitrogens with zero attached hydrogens (tertiary/aromatic N) is 5. The molecule has 11 nitrogen and oxygen atoms in total. The molecule has 2 bridgehead atoms. The van der Waals surface area contributed by atoms with Crippen LogP contribution in [0.15, 0.2) is 33.7 Å². The van der Waals surface area contributed by atoms with Crippen molar-refractivity contribution in [1.82, 2.24) is 25.0 Å². The first-order valence-corrected chi connectivity index (χ1v) is 15.6. The van der Waals surface area contributed by atoms with Gasteiger partial charge >= 0.3 is 6.09 Å². The number of fused-ring (bicyclic) bond motifs is 3. The van der Waals surface area contributed by atoms with Crippen LogP contribution in [0.25, 0.3) is 22.4 Å². The van der Waals surface area contributed by atoms with Crippen LogP contribution in [0.1, 0.15) is 71.9 Å². The van der Waals surface area contributed by atoms with E-state index in [1.54, 1.807) is 11.0 Å². The van der Waals surface area contributed by atoms with E-state index in [0.29, 0.717) is 29.7 Å². The maximum Gasteiger partial charge on any atom is 0.410 e. The number of carbonyl (C=O) groups is 1. The number of piperazine rings is 1. The zero-order chi connectivity index (χ0) is 30.0. The summed E-state index contributed by atoms with van der Waals surface area (Å²) in [5.74, 6) is 0. The fourth-order valence-electron chi connectivity index (χ4n) is 5.77. The van der Waals surface area contributed by atoms with E-state index in [1.807, 2.05) is 27.7 Å². The smallest absolute Gasteiger partial charge is 0.410 e. The van der Waals surface area contributed by atoms with E-state index in [4.69, 9.17) is 9.26 Å². The van der Waals surface area contributed by atoms with Gasteiger partial charge in [-0.3, -0.25) is 0 Å². The number of hydrogen-bond donors (Lipinski definition) is 1. The Bertz CT molecular complexity index is 1600. The summed E-state index contributed by atoms with van der Waals surface area (Å²) in [7, 11) is -3.94. The number of ether oxygens (including phenoxy) is 1. The first kappa shape index (κ1) is 28.7. The summed E-state index contributed by atoms with van der Waals surface area (Å²) in [5, 5.41) is 12.1. The monoisotopic (exact) mass is 604 g/mol. The van der Waals surface area contributed by atoms with Crippen LogP contribution in [0.4, 0.5) is 19.3 Å². The van der Waals surface area contributed by atoms with Crippen molar-refractivity contribution in [3.63, 3.8) is 0 Å². The third-order valence-corrected chi connectivity index (χ3v) is 9.64. The van der Waals surface area contributed by atoms with Gasteiger partial charge in [-0.1, -0.05) is 5.16 Å². The Balaban J connectivity index is 1.44. The van der Waals surface area contributed by atoms with Gasteiger partial charge in [-0.15, -0.1) is 10.2 Å². The second-order valence-electron chi connectivity index (χ2n) is 12.7. The van der Waals surface area contributed by atoms with Crippen molar-refractivity contribution in [2.24, 2.45) is 0 Å². The summed E-state index contributed by atoms with van der Waals surface area (Å²) in [6.45, 7) is 8.15. The van der Waals surface area contributed by atoms with Gasteiger partial charge in [0, 0.05) is 30.7 Å². The maximum absolute atomic E-state index is 13.6. The van der Waals surface area contributed by atoms with Crippen LogP contribution in [-0.2, 0) is 14.8 Å². The molecule has 4 heterocycles. The molecule has 0 radical (unpaired) electrons. The molecule has 1 aliphatic carbocycles. The Kier molecular flexibility index (Phi) is 6.91. The number of anilines is 1. The molecule has 2 aromatic heterocycles. The van der Waals surface area contributed by atoms with Crippen molar-refractivity contribution in [3.8, 4) is 11.4 Å². The number of piperidine rings is 1. The second-order valence-corrected chi connectivity index (χ2v) is 14.4. The summed E-state index contributed by atoms with van der Waals surface area (Å²) in [4.78, 5) is 16.9. The number of hydrogen-bond acceptors (Lipinski definition) is 9. The van der Waals surface area contributed by atoms with E-state index >= 15 is 0 Å². The van der Waals surface area contributed by atoms with Gasteiger partial charge in [0.05, 0.1) is 16.0 Å². The molecule has 1 saturated carbocycles. The average Bonchev–Trinajstić information content (AvgIpc) is 3.46. The van der Waals surface area contributed by atoms with Crippen LogP contribution in [0.2, 0.25) is 0 Å². The summed E-state index contributed by atoms with van der Waals surface area (Å²) >= 11 is 0. The molecule has 2 unspecified atom stereocenters. The number of sulfonamides is 1. The molecule has 3 fully saturated rings. The molecular weight excluding hydrogens is 570 g/mol. The minimum absolute atomic E-state index is 0.0346. The van der Waals surface area contributed by atoms with Crippen molar-refractivity contribution in [3.05, 3.63) is 30.0 Å². The Hall–Kier alpha value is -3.39. The van der Waals surface area contributed by atoms with Gasteiger partial charge in [0.15, 0.2) is 5.58 Å². The zero-order valence-electron chi connectivity index (χ0n) is 23.9. The molecule has 42 heavy (non-hydrogen) atoms. The van der Waals surface area contributed by atoms with E-state index in [0.717, 1.165) is 38.2 Å². The number of benzene rings is 1. The lowest BCUT2D eigenvalue weighted by Crippen LogP contribution is -2.62. The molecule has 14 heteroatoms. The van der Waals surface area contributed by atoms with Crippen molar-refractivity contribution >= 4 is 32.8 Å². The highest BCUT2D eigenvalue weighted by molar-refractivity contribution is 7.89. The molecule has 2 saturated heterocycles. The first-order valence-electron chi connectivity index (χ1n) is 14.1. The molecule has 3 aliphatic rings. The summed E-state index contributed by atoms with van der Waals surface area (Å²) in [6.07, 6.45) is 0.847. The molecule has 1 aromatic carbocycles. The van der Waals surface area contributed by atoms with Crippen LogP contribution >= 0.6 is 0 Å². The quantitative estimate of drug-likeness (QED) is 0.412.